The molecule has 0 radical (unpaired) electrons. The lowest BCUT2D eigenvalue weighted by atomic mass is 10.1. The number of para-hydroxylation sites is 1. The van der Waals surface area contributed by atoms with Crippen LogP contribution in [0, 0.1) is 0 Å². The van der Waals surface area contributed by atoms with E-state index >= 15 is 0 Å². The molecule has 1 aliphatic rings. The van der Waals surface area contributed by atoms with Crippen LogP contribution >= 0.6 is 27.7 Å². The van der Waals surface area contributed by atoms with Gasteiger partial charge in [0.15, 0.2) is 11.4 Å². The summed E-state index contributed by atoms with van der Waals surface area (Å²) >= 11 is 4.95. The summed E-state index contributed by atoms with van der Waals surface area (Å²) in [5.41, 5.74) is 2.01. The Morgan fingerprint density at radius 1 is 1.19 bits per heavy atom. The normalized spacial score (nSPS) is 14.2. The van der Waals surface area contributed by atoms with Crippen molar-refractivity contribution in [3.63, 3.8) is 0 Å². The van der Waals surface area contributed by atoms with Crippen molar-refractivity contribution in [2.45, 2.75) is 45.0 Å². The summed E-state index contributed by atoms with van der Waals surface area (Å²) in [6.45, 7) is 4.86. The van der Waals surface area contributed by atoms with Crippen LogP contribution in [-0.2, 0) is 9.59 Å². The zero-order chi connectivity index (χ0) is 25.8. The molecule has 0 spiro atoms. The fraction of sp³-hybridized carbons (Fsp3) is 0.320. The summed E-state index contributed by atoms with van der Waals surface area (Å²) in [5.74, 6) is 0.936. The number of rotatable bonds is 7. The van der Waals surface area contributed by atoms with Gasteiger partial charge in [-0.1, -0.05) is 43.3 Å². The van der Waals surface area contributed by atoms with Gasteiger partial charge in [0.05, 0.1) is 22.8 Å². The Balaban J connectivity index is 1.94. The SMILES string of the molecule is CCCCSc1nnc2c(n1)OC(c1cc(OC)cc(Br)c1OC(C)=O)N(C(C)=O)c1ccccc1-2. The molecule has 1 atom stereocenters. The predicted molar refractivity (Wildman–Crippen MR) is 139 cm³/mol. The maximum Gasteiger partial charge on any atom is 0.308 e. The van der Waals surface area contributed by atoms with E-state index in [0.717, 1.165) is 18.6 Å². The van der Waals surface area contributed by atoms with Gasteiger partial charge in [-0.2, -0.15) is 4.98 Å². The van der Waals surface area contributed by atoms with Crippen molar-refractivity contribution in [3.8, 4) is 28.6 Å². The number of thioether (sulfide) groups is 1. The Hall–Kier alpha value is -3.18. The van der Waals surface area contributed by atoms with Crippen LogP contribution in [0.1, 0.15) is 45.4 Å². The Morgan fingerprint density at radius 3 is 2.67 bits per heavy atom. The van der Waals surface area contributed by atoms with E-state index in [1.807, 2.05) is 18.2 Å². The van der Waals surface area contributed by atoms with Gasteiger partial charge in [0.25, 0.3) is 0 Å². The number of nitrogens with zero attached hydrogens (tertiary/aromatic N) is 4. The third kappa shape index (κ3) is 5.31. The number of carbonyl (C=O) groups is 2. The standard InChI is InChI=1S/C25H25BrN4O5S/c1-5-6-11-36-25-27-23-21(28-29-25)17-9-7-8-10-20(17)30(14(2)31)24(35-23)18-12-16(33-4)13-19(26)22(18)34-15(3)32/h7-10,12-13,24H,5-6,11H2,1-4H3. The lowest BCUT2D eigenvalue weighted by molar-refractivity contribution is -0.132. The number of esters is 1. The van der Waals surface area contributed by atoms with Gasteiger partial charge in [-0.15, -0.1) is 10.2 Å². The van der Waals surface area contributed by atoms with Crippen LogP contribution in [0.4, 0.5) is 5.69 Å². The summed E-state index contributed by atoms with van der Waals surface area (Å²) in [6, 6.07) is 10.6. The molecular weight excluding hydrogens is 548 g/mol. The van der Waals surface area contributed by atoms with E-state index in [-0.39, 0.29) is 17.5 Å². The first kappa shape index (κ1) is 25.9. The molecule has 188 valence electrons. The number of methoxy groups -OCH3 is 1. The van der Waals surface area contributed by atoms with E-state index in [1.165, 1.54) is 37.6 Å². The topological polar surface area (TPSA) is 104 Å². The molecule has 9 nitrogen and oxygen atoms in total. The third-order valence-corrected chi connectivity index (χ3v) is 6.89. The molecule has 1 unspecified atom stereocenters. The maximum atomic E-state index is 13.1. The average Bonchev–Trinajstić information content (AvgIpc) is 2.99. The number of anilines is 1. The molecule has 1 aromatic heterocycles. The number of hydrogen-bond donors (Lipinski definition) is 0. The summed E-state index contributed by atoms with van der Waals surface area (Å²) < 4.78 is 17.9. The number of aromatic nitrogens is 3. The first-order chi connectivity index (χ1) is 17.3. The number of ether oxygens (including phenoxy) is 3. The van der Waals surface area contributed by atoms with E-state index in [1.54, 1.807) is 18.2 Å². The second-order valence-electron chi connectivity index (χ2n) is 7.95. The molecule has 1 aliphatic heterocycles. The highest BCUT2D eigenvalue weighted by atomic mass is 79.9. The molecule has 4 rings (SSSR count). The minimum atomic E-state index is -1.05. The molecule has 0 saturated heterocycles. The number of benzene rings is 2. The van der Waals surface area contributed by atoms with Crippen LogP contribution in [-0.4, -0.2) is 39.9 Å². The van der Waals surface area contributed by atoms with Crippen LogP contribution in [0.25, 0.3) is 11.3 Å². The lowest BCUT2D eigenvalue weighted by Gasteiger charge is -2.31. The van der Waals surface area contributed by atoms with E-state index in [2.05, 4.69) is 38.0 Å². The Kier molecular flexibility index (Phi) is 8.10. The van der Waals surface area contributed by atoms with Crippen molar-refractivity contribution < 1.29 is 23.8 Å². The molecule has 0 N–H and O–H groups in total. The van der Waals surface area contributed by atoms with Crippen LogP contribution in [0.3, 0.4) is 0 Å². The van der Waals surface area contributed by atoms with E-state index in [4.69, 9.17) is 14.2 Å². The Morgan fingerprint density at radius 2 is 1.97 bits per heavy atom. The number of halogens is 1. The van der Waals surface area contributed by atoms with Crippen LogP contribution in [0.15, 0.2) is 46.0 Å². The predicted octanol–water partition coefficient (Wildman–Crippen LogP) is 5.57. The molecule has 2 aromatic carbocycles. The zero-order valence-electron chi connectivity index (χ0n) is 20.3. The summed E-state index contributed by atoms with van der Waals surface area (Å²) in [6.07, 6.45) is 1.02. The van der Waals surface area contributed by atoms with E-state index < -0.39 is 12.2 Å². The number of carbonyl (C=O) groups excluding carboxylic acids is 2. The van der Waals surface area contributed by atoms with Crippen molar-refractivity contribution in [2.24, 2.45) is 0 Å². The van der Waals surface area contributed by atoms with Gasteiger partial charge in [-0.05, 0) is 40.5 Å². The number of amides is 1. The van der Waals surface area contributed by atoms with Crippen molar-refractivity contribution in [1.82, 2.24) is 15.2 Å². The number of unbranched alkanes of at least 4 members (excludes halogenated alkanes) is 1. The molecule has 2 heterocycles. The van der Waals surface area contributed by atoms with Gasteiger partial charge < -0.3 is 14.2 Å². The summed E-state index contributed by atoms with van der Waals surface area (Å²) in [7, 11) is 1.52. The number of hydrogen-bond acceptors (Lipinski definition) is 9. The number of fused-ring (bicyclic) bond motifs is 3. The first-order valence-corrected chi connectivity index (χ1v) is 13.1. The highest BCUT2D eigenvalue weighted by Crippen LogP contribution is 2.47. The van der Waals surface area contributed by atoms with E-state index in [9.17, 15) is 9.59 Å². The average molecular weight is 573 g/mol. The molecule has 0 saturated carbocycles. The molecule has 1 amide bonds. The highest BCUT2D eigenvalue weighted by molar-refractivity contribution is 9.10. The molecule has 36 heavy (non-hydrogen) atoms. The van der Waals surface area contributed by atoms with Crippen LogP contribution < -0.4 is 19.1 Å². The lowest BCUT2D eigenvalue weighted by Crippen LogP contribution is -2.36. The van der Waals surface area contributed by atoms with Gasteiger partial charge in [0, 0.05) is 25.2 Å². The van der Waals surface area contributed by atoms with Crippen molar-refractivity contribution in [2.75, 3.05) is 17.8 Å². The highest BCUT2D eigenvalue weighted by Gasteiger charge is 2.37. The monoisotopic (exact) mass is 572 g/mol. The smallest absolute Gasteiger partial charge is 0.308 e. The first-order valence-electron chi connectivity index (χ1n) is 11.3. The molecule has 11 heteroatoms. The zero-order valence-corrected chi connectivity index (χ0v) is 22.7. The minimum Gasteiger partial charge on any atom is -0.497 e. The fourth-order valence-electron chi connectivity index (χ4n) is 3.77. The van der Waals surface area contributed by atoms with Crippen molar-refractivity contribution in [3.05, 3.63) is 46.4 Å². The summed E-state index contributed by atoms with van der Waals surface area (Å²) in [5, 5.41) is 9.19. The Bertz CT molecular complexity index is 1310. The molecule has 0 fully saturated rings. The maximum absolute atomic E-state index is 13.1. The van der Waals surface area contributed by atoms with E-state index in [0.29, 0.717) is 37.9 Å². The van der Waals surface area contributed by atoms with Crippen LogP contribution in [0.5, 0.6) is 17.4 Å². The van der Waals surface area contributed by atoms with Crippen molar-refractivity contribution >= 4 is 45.3 Å². The second kappa shape index (κ2) is 11.3. The molecular formula is C25H25BrN4O5S. The van der Waals surface area contributed by atoms with Crippen LogP contribution in [0.2, 0.25) is 0 Å². The third-order valence-electron chi connectivity index (χ3n) is 5.37. The molecule has 0 aliphatic carbocycles. The summed E-state index contributed by atoms with van der Waals surface area (Å²) in [4.78, 5) is 31.2. The second-order valence-corrected chi connectivity index (χ2v) is 9.86. The van der Waals surface area contributed by atoms with Crippen molar-refractivity contribution in [1.29, 1.82) is 0 Å². The van der Waals surface area contributed by atoms with Gasteiger partial charge in [0.1, 0.15) is 5.75 Å². The molecule has 0 bridgehead atoms. The fourth-order valence-corrected chi connectivity index (χ4v) is 5.16. The quantitative estimate of drug-likeness (QED) is 0.155. The minimum absolute atomic E-state index is 0.208. The van der Waals surface area contributed by atoms with Gasteiger partial charge in [-0.25, -0.2) is 0 Å². The van der Waals surface area contributed by atoms with Gasteiger partial charge >= 0.3 is 5.97 Å². The Labute approximate surface area is 221 Å². The van der Waals surface area contributed by atoms with Gasteiger partial charge in [-0.3, -0.25) is 14.5 Å². The molecule has 3 aromatic rings. The largest absolute Gasteiger partial charge is 0.497 e. The van der Waals surface area contributed by atoms with Gasteiger partial charge in [0.2, 0.25) is 23.2 Å².